The fraction of sp³-hybridized carbons (Fsp3) is 0.250. The van der Waals surface area contributed by atoms with E-state index < -0.39 is 0 Å². The van der Waals surface area contributed by atoms with Crippen LogP contribution in [-0.4, -0.2) is 57.4 Å². The monoisotopic (exact) mass is 549 g/mol. The van der Waals surface area contributed by atoms with E-state index in [2.05, 4.69) is 28.5 Å². The summed E-state index contributed by atoms with van der Waals surface area (Å²) in [5, 5.41) is 2.90. The van der Waals surface area contributed by atoms with Gasteiger partial charge in [0.1, 0.15) is 5.82 Å². The molecular weight excluding hydrogens is 518 g/mol. The highest BCUT2D eigenvalue weighted by Gasteiger charge is 2.23. The van der Waals surface area contributed by atoms with Crippen molar-refractivity contribution >= 4 is 51.4 Å². The Hall–Kier alpha value is -4.01. The fourth-order valence-electron chi connectivity index (χ4n) is 4.88. The third kappa shape index (κ3) is 5.64. The van der Waals surface area contributed by atoms with Crippen LogP contribution in [0.25, 0.3) is 28.0 Å². The van der Waals surface area contributed by atoms with E-state index in [1.54, 1.807) is 17.8 Å². The van der Waals surface area contributed by atoms with E-state index in [1.165, 1.54) is 0 Å². The number of ketones is 1. The second-order valence-corrected chi connectivity index (χ2v) is 10.8. The van der Waals surface area contributed by atoms with Crippen molar-refractivity contribution in [1.29, 1.82) is 0 Å². The lowest BCUT2D eigenvalue weighted by Gasteiger charge is -2.28. The molecule has 0 spiro atoms. The SMILES string of the molecule is CCCSc1nc(N2CCOCC2)c2nc(/C=C/C(=O)c3ccc4ccccc4c3)n(Cc3ccccc3)c2n1. The first-order valence-corrected chi connectivity index (χ1v) is 14.7. The molecule has 8 heteroatoms. The number of rotatable bonds is 9. The molecule has 0 aliphatic carbocycles. The van der Waals surface area contributed by atoms with E-state index in [0.717, 1.165) is 63.7 Å². The maximum absolute atomic E-state index is 13.3. The molecule has 0 unspecified atom stereocenters. The Kier molecular flexibility index (Phi) is 7.88. The number of carbonyl (C=O) groups excluding carboxylic acids is 1. The number of benzene rings is 3. The van der Waals surface area contributed by atoms with Gasteiger partial charge in [-0.2, -0.15) is 0 Å². The van der Waals surface area contributed by atoms with Crippen molar-refractivity contribution in [2.75, 3.05) is 37.0 Å². The number of hydrogen-bond donors (Lipinski definition) is 0. The van der Waals surface area contributed by atoms with Gasteiger partial charge in [0, 0.05) is 24.4 Å². The topological polar surface area (TPSA) is 73.1 Å². The maximum Gasteiger partial charge on any atom is 0.191 e. The van der Waals surface area contributed by atoms with Crippen LogP contribution in [0, 0.1) is 0 Å². The van der Waals surface area contributed by atoms with Crippen molar-refractivity contribution in [3.8, 4) is 0 Å². The first-order chi connectivity index (χ1) is 19.7. The lowest BCUT2D eigenvalue weighted by atomic mass is 10.0. The molecule has 1 fully saturated rings. The average molecular weight is 550 g/mol. The van der Waals surface area contributed by atoms with Gasteiger partial charge < -0.3 is 14.2 Å². The van der Waals surface area contributed by atoms with E-state index in [9.17, 15) is 4.79 Å². The maximum atomic E-state index is 13.3. The Morgan fingerprint density at radius 1 is 0.950 bits per heavy atom. The molecule has 0 amide bonds. The van der Waals surface area contributed by atoms with E-state index in [-0.39, 0.29) is 5.78 Å². The number of hydrogen-bond acceptors (Lipinski definition) is 7. The number of allylic oxidation sites excluding steroid dienone is 1. The summed E-state index contributed by atoms with van der Waals surface area (Å²) >= 11 is 1.66. The van der Waals surface area contributed by atoms with Crippen molar-refractivity contribution < 1.29 is 9.53 Å². The zero-order chi connectivity index (χ0) is 27.3. The summed E-state index contributed by atoms with van der Waals surface area (Å²) in [5.74, 6) is 2.37. The summed E-state index contributed by atoms with van der Waals surface area (Å²) < 4.78 is 7.70. The van der Waals surface area contributed by atoms with Gasteiger partial charge >= 0.3 is 0 Å². The van der Waals surface area contributed by atoms with Gasteiger partial charge in [-0.05, 0) is 41.0 Å². The largest absolute Gasteiger partial charge is 0.378 e. The standard InChI is InChI=1S/C32H31N5O2S/c1-2-20-40-32-34-30(36-16-18-39-19-17-36)29-31(35-32)37(22-23-8-4-3-5-9-23)28(33-29)15-14-27(38)26-13-12-24-10-6-7-11-25(24)21-26/h3-15,21H,2,16-20,22H2,1H3/b15-14+. The van der Waals surface area contributed by atoms with Crippen molar-refractivity contribution in [2.24, 2.45) is 0 Å². The highest BCUT2D eigenvalue weighted by atomic mass is 32.2. The first kappa shape index (κ1) is 26.2. The predicted octanol–water partition coefficient (Wildman–Crippen LogP) is 6.26. The lowest BCUT2D eigenvalue weighted by molar-refractivity contribution is 0.104. The van der Waals surface area contributed by atoms with Gasteiger partial charge in [0.25, 0.3) is 0 Å². The third-order valence-electron chi connectivity index (χ3n) is 6.93. The van der Waals surface area contributed by atoms with Crippen LogP contribution in [0.4, 0.5) is 5.82 Å². The van der Waals surface area contributed by atoms with Crippen LogP contribution >= 0.6 is 11.8 Å². The minimum atomic E-state index is -0.0669. The van der Waals surface area contributed by atoms with Gasteiger partial charge in [-0.3, -0.25) is 4.79 Å². The molecular formula is C32H31N5O2S. The minimum absolute atomic E-state index is 0.0669. The van der Waals surface area contributed by atoms with Crippen molar-refractivity contribution in [2.45, 2.75) is 25.0 Å². The quantitative estimate of drug-likeness (QED) is 0.0930. The second kappa shape index (κ2) is 12.0. The summed E-state index contributed by atoms with van der Waals surface area (Å²) in [7, 11) is 0. The fourth-order valence-corrected chi connectivity index (χ4v) is 5.56. The molecule has 0 N–H and O–H groups in total. The van der Waals surface area contributed by atoms with Crippen molar-refractivity contribution in [3.63, 3.8) is 0 Å². The molecule has 2 aromatic heterocycles. The number of thioether (sulfide) groups is 1. The van der Waals surface area contributed by atoms with E-state index in [1.807, 2.05) is 66.7 Å². The number of ether oxygens (including phenoxy) is 1. The summed E-state index contributed by atoms with van der Waals surface area (Å²) in [5.41, 5.74) is 3.30. The summed E-state index contributed by atoms with van der Waals surface area (Å²) in [4.78, 5) is 30.4. The Bertz CT molecular complexity index is 1680. The Morgan fingerprint density at radius 2 is 1.73 bits per heavy atom. The second-order valence-electron chi connectivity index (χ2n) is 9.75. The van der Waals surface area contributed by atoms with Crippen LogP contribution in [0.5, 0.6) is 0 Å². The molecule has 202 valence electrons. The molecule has 3 heterocycles. The summed E-state index contributed by atoms with van der Waals surface area (Å²) in [6.45, 7) is 5.55. The molecule has 0 bridgehead atoms. The number of nitrogens with zero attached hydrogens (tertiary/aromatic N) is 5. The Labute approximate surface area is 237 Å². The lowest BCUT2D eigenvalue weighted by Crippen LogP contribution is -2.37. The molecule has 0 radical (unpaired) electrons. The molecule has 0 saturated carbocycles. The zero-order valence-electron chi connectivity index (χ0n) is 22.5. The minimum Gasteiger partial charge on any atom is -0.378 e. The molecule has 1 aliphatic rings. The van der Waals surface area contributed by atoms with Crippen LogP contribution < -0.4 is 4.90 Å². The average Bonchev–Trinajstić information content (AvgIpc) is 3.35. The van der Waals surface area contributed by atoms with Crippen molar-refractivity contribution in [1.82, 2.24) is 19.5 Å². The van der Waals surface area contributed by atoms with Crippen LogP contribution in [0.2, 0.25) is 0 Å². The van der Waals surface area contributed by atoms with Crippen LogP contribution in [0.15, 0.2) is 84.0 Å². The first-order valence-electron chi connectivity index (χ1n) is 13.7. The molecule has 6 rings (SSSR count). The molecule has 3 aromatic carbocycles. The molecule has 0 atom stereocenters. The molecule has 1 saturated heterocycles. The van der Waals surface area contributed by atoms with Gasteiger partial charge in [-0.15, -0.1) is 0 Å². The number of fused-ring (bicyclic) bond motifs is 2. The van der Waals surface area contributed by atoms with E-state index in [0.29, 0.717) is 31.1 Å². The van der Waals surface area contributed by atoms with Gasteiger partial charge in [-0.1, -0.05) is 85.4 Å². The highest BCUT2D eigenvalue weighted by molar-refractivity contribution is 7.99. The van der Waals surface area contributed by atoms with Gasteiger partial charge in [-0.25, -0.2) is 15.0 Å². The third-order valence-corrected chi connectivity index (χ3v) is 7.99. The number of aromatic nitrogens is 4. The van der Waals surface area contributed by atoms with E-state index >= 15 is 0 Å². The summed E-state index contributed by atoms with van der Waals surface area (Å²) in [6.07, 6.45) is 4.46. The van der Waals surface area contributed by atoms with Crippen LogP contribution in [0.1, 0.15) is 35.1 Å². The Morgan fingerprint density at radius 3 is 2.52 bits per heavy atom. The van der Waals surface area contributed by atoms with Gasteiger partial charge in [0.2, 0.25) is 0 Å². The highest BCUT2D eigenvalue weighted by Crippen LogP contribution is 2.30. The molecule has 1 aliphatic heterocycles. The van der Waals surface area contributed by atoms with Crippen molar-refractivity contribution in [3.05, 3.63) is 95.8 Å². The smallest absolute Gasteiger partial charge is 0.191 e. The van der Waals surface area contributed by atoms with Crippen LogP contribution in [0.3, 0.4) is 0 Å². The van der Waals surface area contributed by atoms with Gasteiger partial charge in [0.15, 0.2) is 27.9 Å². The zero-order valence-corrected chi connectivity index (χ0v) is 23.3. The Balaban J connectivity index is 1.44. The normalized spacial score (nSPS) is 14.0. The molecule has 5 aromatic rings. The van der Waals surface area contributed by atoms with Crippen LogP contribution in [-0.2, 0) is 11.3 Å². The number of imidazole rings is 1. The molecule has 40 heavy (non-hydrogen) atoms. The predicted molar refractivity (Wildman–Crippen MR) is 162 cm³/mol. The van der Waals surface area contributed by atoms with Gasteiger partial charge in [0.05, 0.1) is 19.8 Å². The number of anilines is 1. The number of carbonyl (C=O) groups is 1. The summed E-state index contributed by atoms with van der Waals surface area (Å²) in [6, 6.07) is 24.1. The number of morpholine rings is 1. The molecule has 7 nitrogen and oxygen atoms in total. The van der Waals surface area contributed by atoms with E-state index in [4.69, 9.17) is 19.7 Å².